The molecule has 0 aromatic heterocycles. The normalized spacial score (nSPS) is 16.6. The van der Waals surface area contributed by atoms with Gasteiger partial charge in [0.2, 0.25) is 0 Å². The number of rotatable bonds is 5. The van der Waals surface area contributed by atoms with E-state index in [2.05, 4.69) is 61.8 Å². The summed E-state index contributed by atoms with van der Waals surface area (Å²) in [7, 11) is 0. The van der Waals surface area contributed by atoms with Gasteiger partial charge in [0.05, 0.1) is 5.36 Å². The summed E-state index contributed by atoms with van der Waals surface area (Å²) in [5, 5.41) is 19.9. The minimum absolute atomic E-state index is 0.0978. The Morgan fingerprint density at radius 1 is 0.712 bits per heavy atom. The van der Waals surface area contributed by atoms with Gasteiger partial charge >= 0.3 is 0 Å². The van der Waals surface area contributed by atoms with Crippen molar-refractivity contribution in [2.24, 2.45) is 10.9 Å². The van der Waals surface area contributed by atoms with E-state index in [4.69, 9.17) is 15.3 Å². The molecule has 1 aliphatic carbocycles. The quantitative estimate of drug-likeness (QED) is 0.123. The predicted octanol–water partition coefficient (Wildman–Crippen LogP) is 8.17. The number of nitrogens with zero attached hydrogens (tertiary/aromatic N) is 5. The van der Waals surface area contributed by atoms with Crippen LogP contribution in [0.4, 0.5) is 17.1 Å². The first-order chi connectivity index (χ1) is 25.4. The lowest BCUT2D eigenvalue weighted by Crippen LogP contribution is -2.29. The molecule has 4 heterocycles. The second kappa shape index (κ2) is 18.0. The second-order valence-electron chi connectivity index (χ2n) is 13.9. The molecule has 3 aromatic carbocycles. The van der Waals surface area contributed by atoms with Crippen LogP contribution in [0.3, 0.4) is 0 Å². The van der Waals surface area contributed by atoms with Crippen LogP contribution in [0.15, 0.2) is 82.2 Å². The maximum Gasteiger partial charge on any atom is 0.188 e. The monoisotopic (exact) mass is 706 g/mol. The molecular formula is C42H54N6O4. The first-order valence-corrected chi connectivity index (χ1v) is 19.0. The smallest absolute Gasteiger partial charge is 0.188 e. The van der Waals surface area contributed by atoms with E-state index in [9.17, 15) is 10.2 Å². The van der Waals surface area contributed by atoms with Crippen LogP contribution in [0.5, 0.6) is 17.2 Å². The summed E-state index contributed by atoms with van der Waals surface area (Å²) in [6.07, 6.45) is 11.5. The zero-order chi connectivity index (χ0) is 36.3. The molecular weight excluding hydrogens is 652 g/mol. The molecule has 0 spiro atoms. The van der Waals surface area contributed by atoms with Gasteiger partial charge in [0.15, 0.2) is 22.8 Å². The SMILES string of the molecule is CCN=c1cc2oc3cc(N4CCCCC4)ccc3nc-2cc1C.NOc1ccc(N2CCCCC2)cc1O.Oc1cccc(N2CCCCC2)c1. The van der Waals surface area contributed by atoms with Crippen LogP contribution in [0.1, 0.15) is 70.3 Å². The van der Waals surface area contributed by atoms with Crippen molar-refractivity contribution in [3.8, 4) is 28.7 Å². The maximum absolute atomic E-state index is 9.59. The van der Waals surface area contributed by atoms with E-state index in [-0.39, 0.29) is 5.75 Å². The molecule has 3 saturated heterocycles. The van der Waals surface area contributed by atoms with Gasteiger partial charge in [-0.05, 0) is 120 Å². The molecule has 3 fully saturated rings. The molecule has 0 radical (unpaired) electrons. The molecule has 276 valence electrons. The topological polar surface area (TPSA) is 124 Å². The van der Waals surface area contributed by atoms with Crippen LogP contribution in [0.25, 0.3) is 22.6 Å². The third kappa shape index (κ3) is 9.47. The van der Waals surface area contributed by atoms with Crippen LogP contribution in [0, 0.1) is 6.92 Å². The second-order valence-corrected chi connectivity index (χ2v) is 13.9. The van der Waals surface area contributed by atoms with Crippen LogP contribution in [-0.2, 0) is 0 Å². The highest BCUT2D eigenvalue weighted by Crippen LogP contribution is 2.32. The van der Waals surface area contributed by atoms with Gasteiger partial charge in [0, 0.05) is 87.1 Å². The van der Waals surface area contributed by atoms with Crippen molar-refractivity contribution in [1.29, 1.82) is 0 Å². The first-order valence-electron chi connectivity index (χ1n) is 19.0. The van der Waals surface area contributed by atoms with E-state index < -0.39 is 0 Å². The number of phenolic OH excluding ortho intramolecular Hbond substituents is 2. The number of aromatic nitrogens is 1. The van der Waals surface area contributed by atoms with Gasteiger partial charge in [0.25, 0.3) is 0 Å². The highest BCUT2D eigenvalue weighted by Gasteiger charge is 2.16. The van der Waals surface area contributed by atoms with Crippen molar-refractivity contribution in [1.82, 2.24) is 4.98 Å². The highest BCUT2D eigenvalue weighted by atomic mass is 16.6. The Balaban J connectivity index is 0.000000143. The fourth-order valence-electron chi connectivity index (χ4n) is 7.24. The summed E-state index contributed by atoms with van der Waals surface area (Å²) in [5.41, 5.74) is 7.20. The van der Waals surface area contributed by atoms with Crippen LogP contribution in [0.2, 0.25) is 0 Å². The van der Waals surface area contributed by atoms with Crippen LogP contribution < -0.4 is 30.8 Å². The van der Waals surface area contributed by atoms with Gasteiger partial charge in [-0.1, -0.05) is 6.07 Å². The molecule has 0 atom stereocenters. The van der Waals surface area contributed by atoms with Crippen molar-refractivity contribution in [3.63, 3.8) is 0 Å². The summed E-state index contributed by atoms with van der Waals surface area (Å²) in [4.78, 5) is 20.9. The van der Waals surface area contributed by atoms with Crippen molar-refractivity contribution in [3.05, 3.63) is 83.7 Å². The van der Waals surface area contributed by atoms with Gasteiger partial charge in [-0.15, -0.1) is 0 Å². The van der Waals surface area contributed by atoms with Crippen LogP contribution >= 0.6 is 0 Å². The molecule has 0 amide bonds. The molecule has 10 nitrogen and oxygen atoms in total. The molecule has 4 aliphatic heterocycles. The van der Waals surface area contributed by atoms with Gasteiger partial charge in [-0.3, -0.25) is 4.99 Å². The average Bonchev–Trinajstić information content (AvgIpc) is 3.19. The zero-order valence-corrected chi connectivity index (χ0v) is 30.8. The summed E-state index contributed by atoms with van der Waals surface area (Å²) in [6, 6.07) is 23.3. The van der Waals surface area contributed by atoms with E-state index in [1.807, 2.05) is 31.2 Å². The molecule has 52 heavy (non-hydrogen) atoms. The number of phenols is 2. The van der Waals surface area contributed by atoms with E-state index in [1.54, 1.807) is 18.2 Å². The molecule has 3 aromatic rings. The number of hydrogen-bond acceptors (Lipinski definition) is 10. The fraction of sp³-hybridized carbons (Fsp3) is 0.429. The Labute approximate surface area is 307 Å². The van der Waals surface area contributed by atoms with Crippen molar-refractivity contribution >= 4 is 28.2 Å². The lowest BCUT2D eigenvalue weighted by molar-refractivity contribution is 0.313. The molecule has 5 aliphatic rings. The van der Waals surface area contributed by atoms with Crippen LogP contribution in [-0.4, -0.2) is 61.0 Å². The van der Waals surface area contributed by atoms with E-state index in [0.29, 0.717) is 11.5 Å². The van der Waals surface area contributed by atoms with Gasteiger partial charge in [-0.2, -0.15) is 5.90 Å². The molecule has 4 N–H and O–H groups in total. The summed E-state index contributed by atoms with van der Waals surface area (Å²) in [5.74, 6) is 6.58. The molecule has 0 saturated carbocycles. The maximum atomic E-state index is 9.59. The lowest BCUT2D eigenvalue weighted by Gasteiger charge is -2.28. The third-order valence-corrected chi connectivity index (χ3v) is 10.1. The Kier molecular flexibility index (Phi) is 12.7. The minimum atomic E-state index is 0.0978. The van der Waals surface area contributed by atoms with E-state index in [1.165, 1.54) is 63.5 Å². The van der Waals surface area contributed by atoms with Gasteiger partial charge < -0.3 is 34.2 Å². The summed E-state index contributed by atoms with van der Waals surface area (Å²) in [6.45, 7) is 11.5. The Hall–Kier alpha value is -4.96. The fourth-order valence-corrected chi connectivity index (χ4v) is 7.24. The first kappa shape index (κ1) is 36.8. The predicted molar refractivity (Wildman–Crippen MR) is 211 cm³/mol. The van der Waals surface area contributed by atoms with Gasteiger partial charge in [-0.25, -0.2) is 4.98 Å². The standard InChI is InChI=1S/C20H23N3O.C11H16N2O2.C11H15NO/c1-3-21-17-13-20-18(11-14(17)2)22-16-8-7-15(12-19(16)24-20)23-9-5-4-6-10-23;12-15-11-5-4-9(8-10(11)14)13-6-2-1-3-7-13;13-11-6-4-5-10(9-11)12-7-2-1-3-8-12/h7-8,11-13H,3-6,9-10H2,1-2H3;4-5,8,14H,1-3,6-7,12H2;4-6,9,13H,1-3,7-8H2. The molecule has 0 unspecified atom stereocenters. The number of aromatic hydroxyl groups is 2. The Bertz CT molecular complexity index is 1930. The highest BCUT2D eigenvalue weighted by molar-refractivity contribution is 5.80. The largest absolute Gasteiger partial charge is 0.508 e. The zero-order valence-electron chi connectivity index (χ0n) is 30.8. The van der Waals surface area contributed by atoms with Crippen molar-refractivity contribution in [2.75, 3.05) is 60.5 Å². The minimum Gasteiger partial charge on any atom is -0.508 e. The lowest BCUT2D eigenvalue weighted by atomic mass is 10.1. The third-order valence-electron chi connectivity index (χ3n) is 10.1. The number of hydrogen-bond donors (Lipinski definition) is 3. The van der Waals surface area contributed by atoms with Crippen molar-refractivity contribution < 1.29 is 19.5 Å². The number of benzene rings is 4. The molecule has 10 heteroatoms. The van der Waals surface area contributed by atoms with Gasteiger partial charge in [0.1, 0.15) is 17.0 Å². The number of fused-ring (bicyclic) bond motifs is 2. The Morgan fingerprint density at radius 3 is 1.85 bits per heavy atom. The summed E-state index contributed by atoms with van der Waals surface area (Å²) < 4.78 is 6.17. The Morgan fingerprint density at radius 2 is 1.29 bits per heavy atom. The number of piperidine rings is 3. The molecule has 8 rings (SSSR count). The number of nitrogens with two attached hydrogens (primary N) is 1. The average molecular weight is 707 g/mol. The number of anilines is 3. The van der Waals surface area contributed by atoms with E-state index >= 15 is 0 Å². The van der Waals surface area contributed by atoms with Crippen molar-refractivity contribution in [2.45, 2.75) is 71.6 Å². The van der Waals surface area contributed by atoms with E-state index in [0.717, 1.165) is 90.7 Å². The summed E-state index contributed by atoms with van der Waals surface area (Å²) >= 11 is 0. The molecule has 0 bridgehead atoms. The number of aryl methyl sites for hydroxylation is 1.